The van der Waals surface area contributed by atoms with Crippen molar-refractivity contribution >= 4 is 11.9 Å². The van der Waals surface area contributed by atoms with Crippen LogP contribution < -0.4 is 5.32 Å². The van der Waals surface area contributed by atoms with E-state index in [-0.39, 0.29) is 5.91 Å². The van der Waals surface area contributed by atoms with Crippen molar-refractivity contribution in [2.45, 2.75) is 6.92 Å². The van der Waals surface area contributed by atoms with Crippen LogP contribution in [0.25, 0.3) is 0 Å². The first-order chi connectivity index (χ1) is 7.02. The second-order valence-electron chi connectivity index (χ2n) is 3.47. The molecule has 4 nitrogen and oxygen atoms in total. The van der Waals surface area contributed by atoms with Crippen LogP contribution in [0.5, 0.6) is 0 Å². The summed E-state index contributed by atoms with van der Waals surface area (Å²) in [5.41, 5.74) is 1.37. The number of imide groups is 1. The number of rotatable bonds is 1. The Balaban J connectivity index is 2.79. The lowest BCUT2D eigenvalue weighted by Gasteiger charge is -2.11. The molecule has 0 bridgehead atoms. The van der Waals surface area contributed by atoms with Crippen molar-refractivity contribution in [3.05, 3.63) is 35.4 Å². The molecular weight excluding hydrogens is 192 g/mol. The Bertz CT molecular complexity index is 386. The van der Waals surface area contributed by atoms with Gasteiger partial charge >= 0.3 is 6.03 Å². The predicted molar refractivity (Wildman–Crippen MR) is 57.7 cm³/mol. The number of benzene rings is 1. The highest BCUT2D eigenvalue weighted by molar-refractivity contribution is 6.04. The fraction of sp³-hybridized carbons (Fsp3) is 0.273. The van der Waals surface area contributed by atoms with Crippen LogP contribution in [0.4, 0.5) is 4.79 Å². The van der Waals surface area contributed by atoms with Crippen molar-refractivity contribution in [3.8, 4) is 0 Å². The van der Waals surface area contributed by atoms with Gasteiger partial charge in [-0.05, 0) is 18.6 Å². The van der Waals surface area contributed by atoms with E-state index in [0.717, 1.165) is 5.56 Å². The summed E-state index contributed by atoms with van der Waals surface area (Å²) in [6.45, 7) is 1.83. The minimum Gasteiger partial charge on any atom is -0.331 e. The molecule has 0 spiro atoms. The first kappa shape index (κ1) is 11.2. The Kier molecular flexibility index (Phi) is 3.44. The van der Waals surface area contributed by atoms with E-state index in [1.165, 1.54) is 4.90 Å². The van der Waals surface area contributed by atoms with Crippen LogP contribution >= 0.6 is 0 Å². The zero-order chi connectivity index (χ0) is 11.4. The van der Waals surface area contributed by atoms with E-state index in [9.17, 15) is 9.59 Å². The normalized spacial score (nSPS) is 9.53. The molecule has 0 saturated heterocycles. The van der Waals surface area contributed by atoms with Crippen molar-refractivity contribution in [1.82, 2.24) is 10.2 Å². The molecule has 0 aromatic heterocycles. The Morgan fingerprint density at radius 1 is 1.20 bits per heavy atom. The minimum atomic E-state index is -0.414. The van der Waals surface area contributed by atoms with E-state index >= 15 is 0 Å². The molecule has 3 amide bonds. The Hall–Kier alpha value is -1.84. The van der Waals surface area contributed by atoms with Gasteiger partial charge in [-0.25, -0.2) is 4.79 Å². The zero-order valence-corrected chi connectivity index (χ0v) is 9.07. The number of nitrogens with zero attached hydrogens (tertiary/aromatic N) is 1. The third-order valence-corrected chi connectivity index (χ3v) is 2.02. The van der Waals surface area contributed by atoms with E-state index in [1.807, 2.05) is 19.1 Å². The standard InChI is InChI=1S/C11H14N2O2/c1-8-6-4-5-7-9(8)10(14)12-11(15)13(2)3/h4-7H,1-3H3,(H,12,14,15). The Labute approximate surface area is 88.9 Å². The minimum absolute atomic E-state index is 0.369. The molecule has 80 valence electrons. The molecule has 0 saturated carbocycles. The molecule has 0 fully saturated rings. The molecule has 0 aliphatic carbocycles. The molecule has 0 radical (unpaired) electrons. The molecule has 1 N–H and O–H groups in total. The largest absolute Gasteiger partial charge is 0.331 e. The van der Waals surface area contributed by atoms with E-state index in [1.54, 1.807) is 26.2 Å². The molecule has 1 rings (SSSR count). The van der Waals surface area contributed by atoms with Gasteiger partial charge in [0.1, 0.15) is 0 Å². The summed E-state index contributed by atoms with van der Waals surface area (Å²) in [4.78, 5) is 24.2. The van der Waals surface area contributed by atoms with Crippen LogP contribution in [0.1, 0.15) is 15.9 Å². The SMILES string of the molecule is Cc1ccccc1C(=O)NC(=O)N(C)C. The third-order valence-electron chi connectivity index (χ3n) is 2.02. The van der Waals surface area contributed by atoms with Gasteiger partial charge in [-0.15, -0.1) is 0 Å². The maximum atomic E-state index is 11.6. The average molecular weight is 206 g/mol. The van der Waals surface area contributed by atoms with Crippen LogP contribution in [-0.2, 0) is 0 Å². The maximum absolute atomic E-state index is 11.6. The average Bonchev–Trinajstić information content (AvgIpc) is 2.18. The van der Waals surface area contributed by atoms with E-state index in [0.29, 0.717) is 5.56 Å². The van der Waals surface area contributed by atoms with E-state index < -0.39 is 6.03 Å². The summed E-state index contributed by atoms with van der Waals surface area (Å²) in [5.74, 6) is -0.369. The second-order valence-corrected chi connectivity index (χ2v) is 3.47. The topological polar surface area (TPSA) is 49.4 Å². The molecule has 0 unspecified atom stereocenters. The third kappa shape index (κ3) is 2.80. The lowest BCUT2D eigenvalue weighted by atomic mass is 10.1. The monoisotopic (exact) mass is 206 g/mol. The van der Waals surface area contributed by atoms with Crippen molar-refractivity contribution in [2.24, 2.45) is 0 Å². The Morgan fingerprint density at radius 2 is 1.80 bits per heavy atom. The number of hydrogen-bond donors (Lipinski definition) is 1. The summed E-state index contributed by atoms with van der Waals surface area (Å²) in [5, 5.41) is 2.28. The number of amides is 3. The van der Waals surface area contributed by atoms with Crippen molar-refractivity contribution in [3.63, 3.8) is 0 Å². The van der Waals surface area contributed by atoms with Gasteiger partial charge in [0.25, 0.3) is 5.91 Å². The molecule has 0 aliphatic rings. The number of hydrogen-bond acceptors (Lipinski definition) is 2. The van der Waals surface area contributed by atoms with E-state index in [2.05, 4.69) is 5.32 Å². The lowest BCUT2D eigenvalue weighted by Crippen LogP contribution is -2.38. The molecule has 0 heterocycles. The van der Waals surface area contributed by atoms with Crippen molar-refractivity contribution in [1.29, 1.82) is 0 Å². The molecule has 0 atom stereocenters. The first-order valence-electron chi connectivity index (χ1n) is 4.60. The lowest BCUT2D eigenvalue weighted by molar-refractivity contribution is 0.0956. The highest BCUT2D eigenvalue weighted by atomic mass is 16.2. The highest BCUT2D eigenvalue weighted by Gasteiger charge is 2.12. The smallest absolute Gasteiger partial charge is 0.323 e. The van der Waals surface area contributed by atoms with Crippen LogP contribution in [-0.4, -0.2) is 30.9 Å². The predicted octanol–water partition coefficient (Wildman–Crippen LogP) is 1.41. The molecule has 4 heteroatoms. The Morgan fingerprint density at radius 3 is 2.33 bits per heavy atom. The van der Waals surface area contributed by atoms with Gasteiger partial charge in [0.2, 0.25) is 0 Å². The zero-order valence-electron chi connectivity index (χ0n) is 9.07. The molecule has 1 aromatic rings. The van der Waals surface area contributed by atoms with Gasteiger partial charge in [-0.1, -0.05) is 18.2 Å². The number of aryl methyl sites for hydroxylation is 1. The number of nitrogens with one attached hydrogen (secondary N) is 1. The van der Waals surface area contributed by atoms with Crippen LogP contribution in [0.2, 0.25) is 0 Å². The van der Waals surface area contributed by atoms with Gasteiger partial charge in [-0.3, -0.25) is 10.1 Å². The molecule has 0 aliphatic heterocycles. The van der Waals surface area contributed by atoms with Crippen LogP contribution in [0.3, 0.4) is 0 Å². The van der Waals surface area contributed by atoms with Gasteiger partial charge in [0, 0.05) is 19.7 Å². The highest BCUT2D eigenvalue weighted by Crippen LogP contribution is 2.06. The summed E-state index contributed by atoms with van der Waals surface area (Å²) < 4.78 is 0. The van der Waals surface area contributed by atoms with Gasteiger partial charge in [-0.2, -0.15) is 0 Å². The fourth-order valence-corrected chi connectivity index (χ4v) is 1.10. The van der Waals surface area contributed by atoms with Crippen molar-refractivity contribution in [2.75, 3.05) is 14.1 Å². The molecule has 15 heavy (non-hydrogen) atoms. The van der Waals surface area contributed by atoms with Gasteiger partial charge in [0.05, 0.1) is 0 Å². The number of carbonyl (C=O) groups excluding carboxylic acids is 2. The van der Waals surface area contributed by atoms with Crippen molar-refractivity contribution < 1.29 is 9.59 Å². The molecular formula is C11H14N2O2. The summed E-state index contributed by atoms with van der Waals surface area (Å²) >= 11 is 0. The number of urea groups is 1. The molecule has 1 aromatic carbocycles. The van der Waals surface area contributed by atoms with E-state index in [4.69, 9.17) is 0 Å². The van der Waals surface area contributed by atoms with Gasteiger partial charge in [0.15, 0.2) is 0 Å². The second kappa shape index (κ2) is 4.59. The fourth-order valence-electron chi connectivity index (χ4n) is 1.10. The summed E-state index contributed by atoms with van der Waals surface area (Å²) in [6.07, 6.45) is 0. The van der Waals surface area contributed by atoms with Crippen LogP contribution in [0, 0.1) is 6.92 Å². The summed E-state index contributed by atoms with van der Waals surface area (Å²) in [7, 11) is 3.17. The maximum Gasteiger partial charge on any atom is 0.323 e. The van der Waals surface area contributed by atoms with Gasteiger partial charge < -0.3 is 4.90 Å². The first-order valence-corrected chi connectivity index (χ1v) is 4.60. The quantitative estimate of drug-likeness (QED) is 0.755. The summed E-state index contributed by atoms with van der Waals surface area (Å²) in [6, 6.07) is 6.72. The van der Waals surface area contributed by atoms with Crippen LogP contribution in [0.15, 0.2) is 24.3 Å². The number of carbonyl (C=O) groups is 2.